The summed E-state index contributed by atoms with van der Waals surface area (Å²) >= 11 is 4.86. The van der Waals surface area contributed by atoms with Crippen molar-refractivity contribution in [3.63, 3.8) is 0 Å². The third kappa shape index (κ3) is 6.52. The van der Waals surface area contributed by atoms with E-state index in [-0.39, 0.29) is 19.1 Å². The second-order valence-electron chi connectivity index (χ2n) is 4.72. The van der Waals surface area contributed by atoms with Crippen LogP contribution in [-0.2, 0) is 4.79 Å². The van der Waals surface area contributed by atoms with Crippen LogP contribution >= 0.6 is 12.2 Å². The van der Waals surface area contributed by atoms with Crippen molar-refractivity contribution in [2.45, 2.75) is 6.10 Å². The van der Waals surface area contributed by atoms with E-state index in [4.69, 9.17) is 22.7 Å². The van der Waals surface area contributed by atoms with Crippen molar-refractivity contribution >= 4 is 23.1 Å². The Morgan fingerprint density at radius 3 is 2.62 bits per heavy atom. The van der Waals surface area contributed by atoms with Gasteiger partial charge in [-0.3, -0.25) is 9.69 Å². The van der Waals surface area contributed by atoms with Crippen molar-refractivity contribution in [2.75, 3.05) is 33.8 Å². The molecule has 0 saturated carbocycles. The van der Waals surface area contributed by atoms with Crippen molar-refractivity contribution in [1.82, 2.24) is 10.2 Å². The quantitative estimate of drug-likeness (QED) is 0.573. The number of aliphatic hydroxyl groups excluding tert-OH is 1. The van der Waals surface area contributed by atoms with Gasteiger partial charge in [-0.25, -0.2) is 0 Å². The van der Waals surface area contributed by atoms with Crippen molar-refractivity contribution in [1.29, 1.82) is 0 Å². The van der Waals surface area contributed by atoms with Gasteiger partial charge in [0.05, 0.1) is 6.54 Å². The highest BCUT2D eigenvalue weighted by Crippen LogP contribution is 2.12. The first-order chi connectivity index (χ1) is 9.92. The summed E-state index contributed by atoms with van der Waals surface area (Å²) in [4.78, 5) is 13.2. The third-order valence-electron chi connectivity index (χ3n) is 2.80. The van der Waals surface area contributed by atoms with Crippen LogP contribution in [0.4, 0.5) is 0 Å². The number of nitrogens with one attached hydrogen (secondary N) is 1. The van der Waals surface area contributed by atoms with Crippen LogP contribution in [0.1, 0.15) is 5.56 Å². The van der Waals surface area contributed by atoms with Gasteiger partial charge in [-0.05, 0) is 31.3 Å². The predicted molar refractivity (Wildman–Crippen MR) is 85.4 cm³/mol. The Morgan fingerprint density at radius 1 is 1.48 bits per heavy atom. The number of benzene rings is 1. The highest BCUT2D eigenvalue weighted by atomic mass is 32.1. The number of nitrogens with zero attached hydrogens (tertiary/aromatic N) is 1. The molecule has 0 aliphatic carbocycles. The molecule has 1 unspecified atom stereocenters. The maximum absolute atomic E-state index is 11.2. The average molecular weight is 311 g/mol. The van der Waals surface area contributed by atoms with Crippen LogP contribution in [0, 0.1) is 0 Å². The van der Waals surface area contributed by atoms with Gasteiger partial charge in [0, 0.05) is 19.2 Å². The molecule has 1 aromatic rings. The molecule has 1 atom stereocenters. The molecule has 4 N–H and O–H groups in total. The van der Waals surface area contributed by atoms with Gasteiger partial charge in [0.2, 0.25) is 5.91 Å². The molecule has 0 fully saturated rings. The number of thiocarbonyl (C=S) groups is 1. The second kappa shape index (κ2) is 8.56. The van der Waals surface area contributed by atoms with Crippen molar-refractivity contribution in [3.05, 3.63) is 29.8 Å². The smallest absolute Gasteiger partial charge is 0.233 e. The molecule has 0 radical (unpaired) electrons. The normalized spacial score (nSPS) is 12.0. The van der Waals surface area contributed by atoms with Gasteiger partial charge in [-0.1, -0.05) is 12.2 Å². The van der Waals surface area contributed by atoms with Crippen molar-refractivity contribution in [3.8, 4) is 5.75 Å². The first-order valence-corrected chi connectivity index (χ1v) is 6.93. The van der Waals surface area contributed by atoms with E-state index in [1.165, 1.54) is 0 Å². The van der Waals surface area contributed by atoms with Crippen LogP contribution in [0.15, 0.2) is 24.3 Å². The van der Waals surface area contributed by atoms with E-state index in [1.807, 2.05) is 0 Å². The van der Waals surface area contributed by atoms with E-state index in [0.29, 0.717) is 17.3 Å². The largest absolute Gasteiger partial charge is 0.491 e. The SMILES string of the molecule is CNC(=O)CN(C)CC(O)COc1ccc(C(N)=S)cc1. The lowest BCUT2D eigenvalue weighted by atomic mass is 10.2. The Labute approximate surface area is 129 Å². The maximum Gasteiger partial charge on any atom is 0.233 e. The highest BCUT2D eigenvalue weighted by molar-refractivity contribution is 7.80. The molecule has 0 aromatic heterocycles. The van der Waals surface area contributed by atoms with Crippen LogP contribution < -0.4 is 15.8 Å². The van der Waals surface area contributed by atoms with Gasteiger partial charge >= 0.3 is 0 Å². The van der Waals surface area contributed by atoms with Crippen LogP contribution in [0.3, 0.4) is 0 Å². The molecule has 0 aliphatic heterocycles. The molecule has 1 aromatic carbocycles. The number of ether oxygens (including phenoxy) is 1. The fourth-order valence-corrected chi connectivity index (χ4v) is 1.85. The second-order valence-corrected chi connectivity index (χ2v) is 5.16. The number of amides is 1. The van der Waals surface area contributed by atoms with E-state index in [1.54, 1.807) is 43.3 Å². The van der Waals surface area contributed by atoms with Gasteiger partial charge in [-0.15, -0.1) is 0 Å². The first kappa shape index (κ1) is 17.4. The summed E-state index contributed by atoms with van der Waals surface area (Å²) in [7, 11) is 3.34. The summed E-state index contributed by atoms with van der Waals surface area (Å²) in [6, 6.07) is 7.02. The van der Waals surface area contributed by atoms with Crippen LogP contribution in [0.25, 0.3) is 0 Å². The zero-order chi connectivity index (χ0) is 15.8. The van der Waals surface area contributed by atoms with Gasteiger partial charge in [-0.2, -0.15) is 0 Å². The van der Waals surface area contributed by atoms with Crippen LogP contribution in [-0.4, -0.2) is 60.8 Å². The summed E-state index contributed by atoms with van der Waals surface area (Å²) < 4.78 is 5.47. The number of likely N-dealkylation sites (N-methyl/N-ethyl adjacent to an activating group) is 2. The molecule has 7 heteroatoms. The number of nitrogens with two attached hydrogens (primary N) is 1. The number of hydrogen-bond acceptors (Lipinski definition) is 5. The lowest BCUT2D eigenvalue weighted by Crippen LogP contribution is -2.39. The minimum atomic E-state index is -0.685. The highest BCUT2D eigenvalue weighted by Gasteiger charge is 2.11. The van der Waals surface area contributed by atoms with E-state index in [9.17, 15) is 9.90 Å². The third-order valence-corrected chi connectivity index (χ3v) is 3.03. The van der Waals surface area contributed by atoms with Gasteiger partial charge in [0.1, 0.15) is 23.4 Å². The molecule has 0 bridgehead atoms. The van der Waals surface area contributed by atoms with Crippen molar-refractivity contribution in [2.24, 2.45) is 5.73 Å². The molecule has 0 spiro atoms. The summed E-state index contributed by atoms with van der Waals surface area (Å²) in [5, 5.41) is 12.4. The zero-order valence-electron chi connectivity index (χ0n) is 12.2. The Hall–Kier alpha value is -1.70. The topological polar surface area (TPSA) is 87.8 Å². The Kier molecular flexibility index (Phi) is 7.07. The van der Waals surface area contributed by atoms with Gasteiger partial charge < -0.3 is 20.9 Å². The predicted octanol–water partition coefficient (Wildman–Crippen LogP) is -0.262. The molecular formula is C14H21N3O3S. The molecule has 0 saturated heterocycles. The zero-order valence-corrected chi connectivity index (χ0v) is 13.0. The number of rotatable bonds is 8. The summed E-state index contributed by atoms with van der Waals surface area (Å²) in [6.45, 7) is 0.721. The van der Waals surface area contributed by atoms with Crippen LogP contribution in [0.2, 0.25) is 0 Å². The van der Waals surface area contributed by atoms with E-state index < -0.39 is 6.10 Å². The van der Waals surface area contributed by atoms with E-state index in [2.05, 4.69) is 5.32 Å². The van der Waals surface area contributed by atoms with Crippen LogP contribution in [0.5, 0.6) is 5.75 Å². The summed E-state index contributed by atoms with van der Waals surface area (Å²) in [5.74, 6) is 0.530. The Balaban J connectivity index is 2.37. The fraction of sp³-hybridized carbons (Fsp3) is 0.429. The Morgan fingerprint density at radius 2 is 2.10 bits per heavy atom. The Bertz CT molecular complexity index is 479. The molecule has 1 amide bonds. The maximum atomic E-state index is 11.2. The molecule has 6 nitrogen and oxygen atoms in total. The van der Waals surface area contributed by atoms with Gasteiger partial charge in [0.25, 0.3) is 0 Å². The minimum absolute atomic E-state index is 0.0982. The number of hydrogen-bond donors (Lipinski definition) is 3. The standard InChI is InChI=1S/C14H21N3O3S/c1-16-13(19)8-17(2)7-11(18)9-20-12-5-3-10(4-6-12)14(15)21/h3-6,11,18H,7-9H2,1-2H3,(H2,15,21)(H,16,19). The molecule has 116 valence electrons. The molecule has 0 heterocycles. The lowest BCUT2D eigenvalue weighted by Gasteiger charge is -2.20. The molecule has 1 rings (SSSR count). The molecular weight excluding hydrogens is 290 g/mol. The van der Waals surface area contributed by atoms with Gasteiger partial charge in [0.15, 0.2) is 0 Å². The fourth-order valence-electron chi connectivity index (χ4n) is 1.71. The summed E-state index contributed by atoms with van der Waals surface area (Å²) in [6.07, 6.45) is -0.685. The molecule has 0 aliphatic rings. The van der Waals surface area contributed by atoms with E-state index in [0.717, 1.165) is 5.56 Å². The first-order valence-electron chi connectivity index (χ1n) is 6.52. The van der Waals surface area contributed by atoms with Crippen molar-refractivity contribution < 1.29 is 14.6 Å². The number of carbonyl (C=O) groups is 1. The lowest BCUT2D eigenvalue weighted by molar-refractivity contribution is -0.121. The van der Waals surface area contributed by atoms with E-state index >= 15 is 0 Å². The number of aliphatic hydroxyl groups is 1. The number of carbonyl (C=O) groups excluding carboxylic acids is 1. The summed E-state index contributed by atoms with van der Waals surface area (Å²) in [5.41, 5.74) is 6.27. The monoisotopic (exact) mass is 311 g/mol. The molecule has 21 heavy (non-hydrogen) atoms. The average Bonchev–Trinajstić information content (AvgIpc) is 2.45. The minimum Gasteiger partial charge on any atom is -0.491 e.